The third-order valence-electron chi connectivity index (χ3n) is 3.41. The lowest BCUT2D eigenvalue weighted by molar-refractivity contribution is -0.0683. The molecule has 0 aromatic heterocycles. The molecule has 2 fully saturated rings. The number of hydrogen-bond donors (Lipinski definition) is 0. The second kappa shape index (κ2) is 7.04. The highest BCUT2D eigenvalue weighted by molar-refractivity contribution is 9.09. The van der Waals surface area contributed by atoms with Crippen LogP contribution in [-0.4, -0.2) is 79.8 Å². The second-order valence-electron chi connectivity index (χ2n) is 4.94. The van der Waals surface area contributed by atoms with E-state index in [1.54, 1.807) is 0 Å². The molecule has 2 aliphatic heterocycles. The van der Waals surface area contributed by atoms with Crippen LogP contribution in [-0.2, 0) is 9.47 Å². The normalized spacial score (nSPS) is 32.8. The van der Waals surface area contributed by atoms with Crippen LogP contribution >= 0.6 is 15.9 Å². The van der Waals surface area contributed by atoms with Crippen LogP contribution in [0.25, 0.3) is 0 Å². The van der Waals surface area contributed by atoms with Crippen LogP contribution in [0.4, 0.5) is 0 Å². The van der Waals surface area contributed by atoms with Gasteiger partial charge in [-0.15, -0.1) is 0 Å². The molecule has 0 spiro atoms. The van der Waals surface area contributed by atoms with Crippen molar-refractivity contribution in [3.63, 3.8) is 0 Å². The van der Waals surface area contributed by atoms with Gasteiger partial charge < -0.3 is 9.47 Å². The number of alkyl halides is 1. The summed E-state index contributed by atoms with van der Waals surface area (Å²) >= 11 is 3.51. The summed E-state index contributed by atoms with van der Waals surface area (Å²) in [5, 5.41) is 0.936. The van der Waals surface area contributed by atoms with Crippen LogP contribution in [0.3, 0.4) is 0 Å². The molecule has 2 rings (SSSR count). The fourth-order valence-electron chi connectivity index (χ4n) is 2.52. The van der Waals surface area contributed by atoms with Gasteiger partial charge in [0.2, 0.25) is 0 Å². The van der Waals surface area contributed by atoms with Crippen LogP contribution < -0.4 is 0 Å². The SMILES string of the molecule is CC1CN(CCN2CCOCC2)CC(CBr)O1. The van der Waals surface area contributed by atoms with Gasteiger partial charge in [-0.25, -0.2) is 0 Å². The first-order valence-electron chi connectivity index (χ1n) is 6.52. The van der Waals surface area contributed by atoms with Crippen LogP contribution in [0.2, 0.25) is 0 Å². The number of hydrogen-bond acceptors (Lipinski definition) is 4. The Labute approximate surface area is 112 Å². The largest absolute Gasteiger partial charge is 0.379 e. The van der Waals surface area contributed by atoms with E-state index in [2.05, 4.69) is 32.7 Å². The van der Waals surface area contributed by atoms with Gasteiger partial charge in [0, 0.05) is 44.6 Å². The Morgan fingerprint density at radius 2 is 1.82 bits per heavy atom. The predicted molar refractivity (Wildman–Crippen MR) is 71.8 cm³/mol. The molecule has 0 bridgehead atoms. The summed E-state index contributed by atoms with van der Waals surface area (Å²) in [6, 6.07) is 0. The van der Waals surface area contributed by atoms with Gasteiger partial charge in [0.25, 0.3) is 0 Å². The van der Waals surface area contributed by atoms with Crippen molar-refractivity contribution < 1.29 is 9.47 Å². The van der Waals surface area contributed by atoms with Crippen LogP contribution in [0.5, 0.6) is 0 Å². The van der Waals surface area contributed by atoms with Crippen LogP contribution in [0.15, 0.2) is 0 Å². The van der Waals surface area contributed by atoms with Gasteiger partial charge in [0.05, 0.1) is 25.4 Å². The van der Waals surface area contributed by atoms with Gasteiger partial charge >= 0.3 is 0 Å². The Kier molecular flexibility index (Phi) is 5.69. The molecule has 5 heteroatoms. The summed E-state index contributed by atoms with van der Waals surface area (Å²) in [6.07, 6.45) is 0.708. The Balaban J connectivity index is 1.70. The van der Waals surface area contributed by atoms with Crippen LogP contribution in [0.1, 0.15) is 6.92 Å². The fourth-order valence-corrected chi connectivity index (χ4v) is 2.87. The van der Waals surface area contributed by atoms with Crippen molar-refractivity contribution in [2.75, 3.05) is 57.8 Å². The molecule has 0 aromatic carbocycles. The van der Waals surface area contributed by atoms with E-state index in [9.17, 15) is 0 Å². The summed E-state index contributed by atoms with van der Waals surface area (Å²) in [7, 11) is 0. The Hall–Kier alpha value is 0.320. The Bertz CT molecular complexity index is 225. The van der Waals surface area contributed by atoms with Gasteiger partial charge in [-0.05, 0) is 6.92 Å². The quantitative estimate of drug-likeness (QED) is 0.718. The Morgan fingerprint density at radius 1 is 1.12 bits per heavy atom. The maximum absolute atomic E-state index is 5.84. The minimum Gasteiger partial charge on any atom is -0.379 e. The first-order valence-corrected chi connectivity index (χ1v) is 7.64. The maximum atomic E-state index is 5.84. The minimum absolute atomic E-state index is 0.350. The van der Waals surface area contributed by atoms with E-state index in [1.165, 1.54) is 0 Å². The van der Waals surface area contributed by atoms with E-state index in [0.29, 0.717) is 12.2 Å². The van der Waals surface area contributed by atoms with E-state index < -0.39 is 0 Å². The van der Waals surface area contributed by atoms with Crippen LogP contribution in [0, 0.1) is 0 Å². The van der Waals surface area contributed by atoms with Crippen molar-refractivity contribution in [2.45, 2.75) is 19.1 Å². The van der Waals surface area contributed by atoms with Crippen molar-refractivity contribution in [3.8, 4) is 0 Å². The summed E-state index contributed by atoms with van der Waals surface area (Å²) in [4.78, 5) is 5.02. The maximum Gasteiger partial charge on any atom is 0.0802 e. The lowest BCUT2D eigenvalue weighted by Crippen LogP contribution is -2.50. The average molecular weight is 307 g/mol. The van der Waals surface area contributed by atoms with E-state index in [-0.39, 0.29) is 0 Å². The number of morpholine rings is 2. The highest BCUT2D eigenvalue weighted by Crippen LogP contribution is 2.12. The molecule has 2 unspecified atom stereocenters. The zero-order chi connectivity index (χ0) is 12.1. The molecular weight excluding hydrogens is 284 g/mol. The molecule has 0 aromatic rings. The average Bonchev–Trinajstić information content (AvgIpc) is 2.37. The summed E-state index contributed by atoms with van der Waals surface area (Å²) in [5.74, 6) is 0. The number of halogens is 1. The molecule has 0 aliphatic carbocycles. The van der Waals surface area contributed by atoms with Gasteiger partial charge in [-0.2, -0.15) is 0 Å². The second-order valence-corrected chi connectivity index (χ2v) is 5.58. The number of nitrogens with zero attached hydrogens (tertiary/aromatic N) is 2. The number of rotatable bonds is 4. The van der Waals surface area contributed by atoms with Gasteiger partial charge in [0.15, 0.2) is 0 Å². The van der Waals surface area contributed by atoms with Crippen molar-refractivity contribution in [1.82, 2.24) is 9.80 Å². The summed E-state index contributed by atoms with van der Waals surface area (Å²) < 4.78 is 11.2. The summed E-state index contributed by atoms with van der Waals surface area (Å²) in [5.41, 5.74) is 0. The van der Waals surface area contributed by atoms with E-state index in [0.717, 1.165) is 57.8 Å². The standard InChI is InChI=1S/C12H23BrN2O2/c1-11-9-15(10-12(8-13)17-11)3-2-14-4-6-16-7-5-14/h11-12H,2-10H2,1H3. The Morgan fingerprint density at radius 3 is 2.53 bits per heavy atom. The van der Waals surface area contributed by atoms with Gasteiger partial charge in [-0.3, -0.25) is 9.80 Å². The van der Waals surface area contributed by atoms with Crippen molar-refractivity contribution in [2.24, 2.45) is 0 Å². The molecule has 17 heavy (non-hydrogen) atoms. The molecule has 2 aliphatic rings. The first kappa shape index (κ1) is 13.7. The van der Waals surface area contributed by atoms with Crippen molar-refractivity contribution >= 4 is 15.9 Å². The molecule has 2 atom stereocenters. The predicted octanol–water partition coefficient (Wildman–Crippen LogP) is 0.803. The van der Waals surface area contributed by atoms with Gasteiger partial charge in [-0.1, -0.05) is 15.9 Å². The number of ether oxygens (including phenoxy) is 2. The van der Waals surface area contributed by atoms with Crippen molar-refractivity contribution in [3.05, 3.63) is 0 Å². The molecule has 0 amide bonds. The fraction of sp³-hybridized carbons (Fsp3) is 1.00. The molecule has 2 saturated heterocycles. The molecule has 0 saturated carbocycles. The molecular formula is C12H23BrN2O2. The third kappa shape index (κ3) is 4.48. The van der Waals surface area contributed by atoms with Gasteiger partial charge in [0.1, 0.15) is 0 Å². The minimum atomic E-state index is 0.350. The molecule has 0 radical (unpaired) electrons. The molecule has 0 N–H and O–H groups in total. The lowest BCUT2D eigenvalue weighted by Gasteiger charge is -2.37. The molecule has 2 heterocycles. The third-order valence-corrected chi connectivity index (χ3v) is 4.13. The molecule has 4 nitrogen and oxygen atoms in total. The monoisotopic (exact) mass is 306 g/mol. The highest BCUT2D eigenvalue weighted by Gasteiger charge is 2.24. The van der Waals surface area contributed by atoms with Crippen molar-refractivity contribution in [1.29, 1.82) is 0 Å². The molecule has 100 valence electrons. The topological polar surface area (TPSA) is 24.9 Å². The highest BCUT2D eigenvalue weighted by atomic mass is 79.9. The van der Waals surface area contributed by atoms with E-state index in [4.69, 9.17) is 9.47 Å². The smallest absolute Gasteiger partial charge is 0.0802 e. The lowest BCUT2D eigenvalue weighted by atomic mass is 10.2. The van der Waals surface area contributed by atoms with E-state index >= 15 is 0 Å². The zero-order valence-corrected chi connectivity index (χ0v) is 12.2. The zero-order valence-electron chi connectivity index (χ0n) is 10.6. The summed E-state index contributed by atoms with van der Waals surface area (Å²) in [6.45, 7) is 10.5. The first-order chi connectivity index (χ1) is 8.28. The van der Waals surface area contributed by atoms with E-state index in [1.807, 2.05) is 0 Å².